The summed E-state index contributed by atoms with van der Waals surface area (Å²) in [6, 6.07) is 8.33. The van der Waals surface area contributed by atoms with Crippen LogP contribution in [0.2, 0.25) is 0 Å². The largest absolute Gasteiger partial charge is 0.492 e. The van der Waals surface area contributed by atoms with Crippen molar-refractivity contribution in [2.75, 3.05) is 19.7 Å². The molecule has 0 aliphatic rings. The van der Waals surface area contributed by atoms with Gasteiger partial charge in [-0.05, 0) is 30.0 Å². The number of ether oxygens (including phenoxy) is 1. The molecule has 0 aliphatic carbocycles. The molecule has 2 heteroatoms. The zero-order valence-corrected chi connectivity index (χ0v) is 12.3. The van der Waals surface area contributed by atoms with Crippen molar-refractivity contribution >= 4 is 0 Å². The van der Waals surface area contributed by atoms with E-state index in [1.54, 1.807) is 0 Å². The Morgan fingerprint density at radius 2 is 1.83 bits per heavy atom. The molecule has 1 rings (SSSR count). The first-order valence-corrected chi connectivity index (χ1v) is 6.98. The van der Waals surface area contributed by atoms with Gasteiger partial charge >= 0.3 is 0 Å². The highest BCUT2D eigenvalue weighted by atomic mass is 16.5. The molecule has 0 bridgehead atoms. The van der Waals surface area contributed by atoms with Crippen molar-refractivity contribution in [3.05, 3.63) is 29.8 Å². The molecule has 0 aliphatic heterocycles. The van der Waals surface area contributed by atoms with E-state index in [1.165, 1.54) is 18.4 Å². The van der Waals surface area contributed by atoms with Crippen LogP contribution in [0.1, 0.15) is 46.1 Å². The highest BCUT2D eigenvalue weighted by Gasteiger charge is 2.17. The Morgan fingerprint density at radius 1 is 1.11 bits per heavy atom. The molecule has 0 heterocycles. The number of rotatable bonds is 7. The minimum atomic E-state index is 0.131. The van der Waals surface area contributed by atoms with Gasteiger partial charge in [0.25, 0.3) is 0 Å². The van der Waals surface area contributed by atoms with E-state index in [1.807, 2.05) is 6.07 Å². The Bertz CT molecular complexity index is 341. The van der Waals surface area contributed by atoms with Crippen LogP contribution in [0.4, 0.5) is 0 Å². The van der Waals surface area contributed by atoms with Crippen molar-refractivity contribution in [1.29, 1.82) is 0 Å². The van der Waals surface area contributed by atoms with Crippen LogP contribution in [0.5, 0.6) is 5.75 Å². The molecule has 1 aromatic carbocycles. The third-order valence-corrected chi connectivity index (χ3v) is 2.94. The number of para-hydroxylation sites is 1. The molecule has 0 saturated carbocycles. The summed E-state index contributed by atoms with van der Waals surface area (Å²) < 4.78 is 5.88. The van der Waals surface area contributed by atoms with E-state index < -0.39 is 0 Å². The number of hydrogen-bond donors (Lipinski definition) is 1. The number of unbranched alkanes of at least 4 members (excludes halogenated alkanes) is 1. The molecule has 0 fully saturated rings. The fourth-order valence-electron chi connectivity index (χ4n) is 1.87. The van der Waals surface area contributed by atoms with Gasteiger partial charge in [-0.15, -0.1) is 0 Å². The second kappa shape index (κ2) is 7.42. The van der Waals surface area contributed by atoms with Crippen molar-refractivity contribution in [3.63, 3.8) is 0 Å². The van der Waals surface area contributed by atoms with Gasteiger partial charge in [0.15, 0.2) is 0 Å². The van der Waals surface area contributed by atoms with Crippen LogP contribution in [0, 0.1) is 0 Å². The summed E-state index contributed by atoms with van der Waals surface area (Å²) in [5.41, 5.74) is 1.41. The monoisotopic (exact) mass is 249 g/mol. The third-order valence-electron chi connectivity index (χ3n) is 2.94. The van der Waals surface area contributed by atoms with E-state index in [9.17, 15) is 0 Å². The molecule has 0 spiro atoms. The zero-order chi connectivity index (χ0) is 13.4. The lowest BCUT2D eigenvalue weighted by atomic mass is 9.86. The summed E-state index contributed by atoms with van der Waals surface area (Å²) in [5, 5.41) is 3.39. The molecular formula is C16H27NO. The molecule has 1 N–H and O–H groups in total. The number of nitrogens with one attached hydrogen (secondary N) is 1. The maximum Gasteiger partial charge on any atom is 0.123 e. The predicted molar refractivity (Wildman–Crippen MR) is 78.4 cm³/mol. The Hall–Kier alpha value is -1.02. The highest BCUT2D eigenvalue weighted by molar-refractivity contribution is 5.38. The first kappa shape index (κ1) is 15.0. The number of benzene rings is 1. The first-order valence-electron chi connectivity index (χ1n) is 6.98. The smallest absolute Gasteiger partial charge is 0.123 e. The van der Waals surface area contributed by atoms with Crippen molar-refractivity contribution in [1.82, 2.24) is 5.32 Å². The van der Waals surface area contributed by atoms with Crippen molar-refractivity contribution in [2.24, 2.45) is 0 Å². The first-order chi connectivity index (χ1) is 8.55. The SMILES string of the molecule is CCCCNCCOc1ccccc1C(C)(C)C. The van der Waals surface area contributed by atoms with Crippen molar-refractivity contribution in [2.45, 2.75) is 46.0 Å². The molecule has 0 unspecified atom stereocenters. The maximum absolute atomic E-state index is 5.88. The van der Waals surface area contributed by atoms with Gasteiger partial charge in [-0.25, -0.2) is 0 Å². The zero-order valence-electron chi connectivity index (χ0n) is 12.3. The fourth-order valence-corrected chi connectivity index (χ4v) is 1.87. The van der Waals surface area contributed by atoms with Gasteiger partial charge in [0.05, 0.1) is 0 Å². The van der Waals surface area contributed by atoms with Crippen molar-refractivity contribution < 1.29 is 4.74 Å². The van der Waals surface area contributed by atoms with Gasteiger partial charge in [-0.1, -0.05) is 52.3 Å². The van der Waals surface area contributed by atoms with Gasteiger partial charge in [-0.2, -0.15) is 0 Å². The molecule has 0 radical (unpaired) electrons. The second-order valence-corrected chi connectivity index (χ2v) is 5.70. The Morgan fingerprint density at radius 3 is 2.50 bits per heavy atom. The third kappa shape index (κ3) is 5.09. The Balaban J connectivity index is 2.43. The van der Waals surface area contributed by atoms with E-state index in [-0.39, 0.29) is 5.41 Å². The lowest BCUT2D eigenvalue weighted by Crippen LogP contribution is -2.23. The molecule has 2 nitrogen and oxygen atoms in total. The van der Waals surface area contributed by atoms with E-state index >= 15 is 0 Å². The summed E-state index contributed by atoms with van der Waals surface area (Å²) in [6.45, 7) is 11.6. The topological polar surface area (TPSA) is 21.3 Å². The second-order valence-electron chi connectivity index (χ2n) is 5.70. The average Bonchev–Trinajstić information content (AvgIpc) is 2.33. The van der Waals surface area contributed by atoms with Gasteiger partial charge in [0, 0.05) is 6.54 Å². The molecule has 0 amide bonds. The van der Waals surface area contributed by atoms with Gasteiger partial charge in [0.1, 0.15) is 12.4 Å². The molecule has 18 heavy (non-hydrogen) atoms. The van der Waals surface area contributed by atoms with Crippen LogP contribution in [0.3, 0.4) is 0 Å². The molecule has 102 valence electrons. The summed E-state index contributed by atoms with van der Waals surface area (Å²) in [5.74, 6) is 1.02. The minimum absolute atomic E-state index is 0.131. The summed E-state index contributed by atoms with van der Waals surface area (Å²) >= 11 is 0. The molecular weight excluding hydrogens is 222 g/mol. The Labute approximate surface area is 112 Å². The quantitative estimate of drug-likeness (QED) is 0.743. The fraction of sp³-hybridized carbons (Fsp3) is 0.625. The van der Waals surface area contributed by atoms with E-state index in [0.717, 1.165) is 25.4 Å². The molecule has 1 aromatic rings. The average molecular weight is 249 g/mol. The van der Waals surface area contributed by atoms with Crippen LogP contribution >= 0.6 is 0 Å². The maximum atomic E-state index is 5.88. The van der Waals surface area contributed by atoms with Gasteiger partial charge in [-0.3, -0.25) is 0 Å². The van der Waals surface area contributed by atoms with E-state index in [4.69, 9.17) is 4.74 Å². The van der Waals surface area contributed by atoms with E-state index in [2.05, 4.69) is 51.2 Å². The standard InChI is InChI=1S/C16H27NO/c1-5-6-11-17-12-13-18-15-10-8-7-9-14(15)16(2,3)4/h7-10,17H,5-6,11-13H2,1-4H3. The lowest BCUT2D eigenvalue weighted by Gasteiger charge is -2.22. The highest BCUT2D eigenvalue weighted by Crippen LogP contribution is 2.30. The molecule has 0 atom stereocenters. The summed E-state index contributed by atoms with van der Waals surface area (Å²) in [4.78, 5) is 0. The molecule has 0 saturated heterocycles. The van der Waals surface area contributed by atoms with Gasteiger partial charge < -0.3 is 10.1 Å². The van der Waals surface area contributed by atoms with Crippen LogP contribution in [-0.4, -0.2) is 19.7 Å². The Kier molecular flexibility index (Phi) is 6.20. The summed E-state index contributed by atoms with van der Waals surface area (Å²) in [7, 11) is 0. The van der Waals surface area contributed by atoms with Crippen molar-refractivity contribution in [3.8, 4) is 5.75 Å². The minimum Gasteiger partial charge on any atom is -0.492 e. The normalized spacial score (nSPS) is 11.6. The van der Waals surface area contributed by atoms with Crippen LogP contribution in [0.25, 0.3) is 0 Å². The summed E-state index contributed by atoms with van der Waals surface area (Å²) in [6.07, 6.45) is 2.47. The van der Waals surface area contributed by atoms with Crippen LogP contribution in [-0.2, 0) is 5.41 Å². The van der Waals surface area contributed by atoms with Gasteiger partial charge in [0.2, 0.25) is 0 Å². The van der Waals surface area contributed by atoms with Crippen LogP contribution in [0.15, 0.2) is 24.3 Å². The van der Waals surface area contributed by atoms with Crippen LogP contribution < -0.4 is 10.1 Å². The number of hydrogen-bond acceptors (Lipinski definition) is 2. The molecule has 0 aromatic heterocycles. The van der Waals surface area contributed by atoms with E-state index in [0.29, 0.717) is 0 Å². The predicted octanol–water partition coefficient (Wildman–Crippen LogP) is 3.75. The lowest BCUT2D eigenvalue weighted by molar-refractivity contribution is 0.305.